The topological polar surface area (TPSA) is 68.3 Å². The number of pyridine rings is 1. The Morgan fingerprint density at radius 1 is 1.36 bits per heavy atom. The molecule has 0 aromatic carbocycles. The minimum absolute atomic E-state index is 0.101. The molecule has 2 rings (SSSR count). The van der Waals surface area contributed by atoms with Crippen LogP contribution in [0.3, 0.4) is 0 Å². The van der Waals surface area contributed by atoms with Gasteiger partial charge in [-0.25, -0.2) is 4.98 Å². The van der Waals surface area contributed by atoms with Crippen molar-refractivity contribution in [1.82, 2.24) is 4.98 Å². The van der Waals surface area contributed by atoms with E-state index in [0.717, 1.165) is 18.4 Å². The highest BCUT2D eigenvalue weighted by Gasteiger charge is 2.42. The molecule has 0 saturated heterocycles. The Balaban J connectivity index is 2.20. The number of esters is 1. The van der Waals surface area contributed by atoms with E-state index in [-0.39, 0.29) is 23.9 Å². The van der Waals surface area contributed by atoms with Crippen molar-refractivity contribution in [2.75, 3.05) is 5.32 Å². The molecule has 0 radical (unpaired) electrons. The van der Waals surface area contributed by atoms with Gasteiger partial charge in [0, 0.05) is 26.0 Å². The van der Waals surface area contributed by atoms with Crippen molar-refractivity contribution in [2.24, 2.45) is 11.8 Å². The average molecular weight is 304 g/mol. The quantitative estimate of drug-likeness (QED) is 0.868. The van der Waals surface area contributed by atoms with Crippen LogP contribution in [-0.4, -0.2) is 23.0 Å². The molecule has 4 atom stereocenters. The largest absolute Gasteiger partial charge is 0.462 e. The lowest BCUT2D eigenvalue weighted by molar-refractivity contribution is -0.148. The van der Waals surface area contributed by atoms with Gasteiger partial charge in [0.2, 0.25) is 5.91 Å². The number of amides is 1. The van der Waals surface area contributed by atoms with Crippen LogP contribution < -0.4 is 5.32 Å². The van der Waals surface area contributed by atoms with Crippen LogP contribution >= 0.6 is 0 Å². The van der Waals surface area contributed by atoms with Gasteiger partial charge in [0.1, 0.15) is 11.9 Å². The standard InChI is InChI=1S/C17H24N2O3/c1-5-13-8-15(17(10(13)2)22-12(4)21)14-6-7-16(18-9-14)19-11(3)20/h6-7,9-10,13,15,17H,5,8H2,1-4H3,(H,18,19,20)/t10-,13+,15+,17-/m1/s1. The predicted octanol–water partition coefficient (Wildman–Crippen LogP) is 3.12. The number of nitrogens with zero attached hydrogens (tertiary/aromatic N) is 1. The molecule has 1 amide bonds. The third-order valence-corrected chi connectivity index (χ3v) is 4.56. The van der Waals surface area contributed by atoms with Crippen LogP contribution in [0.5, 0.6) is 0 Å². The number of nitrogens with one attached hydrogen (secondary N) is 1. The van der Waals surface area contributed by atoms with Crippen LogP contribution in [0.2, 0.25) is 0 Å². The molecule has 1 aromatic heterocycles. The number of carbonyl (C=O) groups excluding carboxylic acids is 2. The molecule has 1 aliphatic carbocycles. The molecule has 1 heterocycles. The summed E-state index contributed by atoms with van der Waals surface area (Å²) in [6, 6.07) is 3.76. The van der Waals surface area contributed by atoms with E-state index in [9.17, 15) is 9.59 Å². The number of ether oxygens (including phenoxy) is 1. The zero-order chi connectivity index (χ0) is 16.3. The fraction of sp³-hybridized carbons (Fsp3) is 0.588. The molecule has 22 heavy (non-hydrogen) atoms. The van der Waals surface area contributed by atoms with Crippen molar-refractivity contribution < 1.29 is 14.3 Å². The van der Waals surface area contributed by atoms with Crippen molar-refractivity contribution in [3.63, 3.8) is 0 Å². The number of rotatable bonds is 4. The lowest BCUT2D eigenvalue weighted by Gasteiger charge is -2.23. The monoisotopic (exact) mass is 304 g/mol. The normalized spacial score (nSPS) is 27.5. The number of carbonyl (C=O) groups is 2. The van der Waals surface area contributed by atoms with Crippen molar-refractivity contribution in [1.29, 1.82) is 0 Å². The average Bonchev–Trinajstić information content (AvgIpc) is 2.75. The molecule has 0 aliphatic heterocycles. The summed E-state index contributed by atoms with van der Waals surface area (Å²) in [4.78, 5) is 26.7. The summed E-state index contributed by atoms with van der Waals surface area (Å²) in [6.45, 7) is 7.24. The lowest BCUT2D eigenvalue weighted by atomic mass is 9.94. The van der Waals surface area contributed by atoms with Gasteiger partial charge in [0.05, 0.1) is 0 Å². The molecule has 1 N–H and O–H groups in total. The summed E-state index contributed by atoms with van der Waals surface area (Å²) in [5, 5.41) is 2.66. The SMILES string of the molecule is CC[C@H]1C[C@@H](c2ccc(NC(C)=O)nc2)[C@H](OC(C)=O)[C@@H]1C. The Morgan fingerprint density at radius 3 is 2.59 bits per heavy atom. The van der Waals surface area contributed by atoms with Gasteiger partial charge in [0.15, 0.2) is 0 Å². The maximum atomic E-state index is 11.4. The summed E-state index contributed by atoms with van der Waals surface area (Å²) in [7, 11) is 0. The summed E-state index contributed by atoms with van der Waals surface area (Å²) < 4.78 is 5.58. The Bertz CT molecular complexity index is 541. The summed E-state index contributed by atoms with van der Waals surface area (Å²) in [5.41, 5.74) is 1.06. The van der Waals surface area contributed by atoms with E-state index in [1.54, 1.807) is 12.3 Å². The summed E-state index contributed by atoms with van der Waals surface area (Å²) >= 11 is 0. The van der Waals surface area contributed by atoms with Crippen LogP contribution in [0.25, 0.3) is 0 Å². The summed E-state index contributed by atoms with van der Waals surface area (Å²) in [5.74, 6) is 1.22. The first-order chi connectivity index (χ1) is 10.4. The van der Waals surface area contributed by atoms with Crippen LogP contribution in [0.4, 0.5) is 5.82 Å². The van der Waals surface area contributed by atoms with Crippen LogP contribution in [0.1, 0.15) is 52.0 Å². The highest BCUT2D eigenvalue weighted by atomic mass is 16.5. The van der Waals surface area contributed by atoms with E-state index >= 15 is 0 Å². The molecule has 1 fully saturated rings. The second kappa shape index (κ2) is 6.90. The molecular formula is C17H24N2O3. The molecule has 1 aromatic rings. The summed E-state index contributed by atoms with van der Waals surface area (Å²) in [6.07, 6.45) is 3.75. The Kier molecular flexibility index (Phi) is 5.16. The van der Waals surface area contributed by atoms with Gasteiger partial charge in [-0.1, -0.05) is 26.3 Å². The zero-order valence-electron chi connectivity index (χ0n) is 13.6. The fourth-order valence-corrected chi connectivity index (χ4v) is 3.43. The minimum atomic E-state index is -0.235. The van der Waals surface area contributed by atoms with Gasteiger partial charge >= 0.3 is 5.97 Å². The molecule has 1 aliphatic rings. The first-order valence-corrected chi connectivity index (χ1v) is 7.83. The number of hydrogen-bond acceptors (Lipinski definition) is 4. The highest BCUT2D eigenvalue weighted by molar-refractivity contribution is 5.87. The van der Waals surface area contributed by atoms with E-state index in [0.29, 0.717) is 17.7 Å². The maximum Gasteiger partial charge on any atom is 0.302 e. The maximum absolute atomic E-state index is 11.4. The lowest BCUT2D eigenvalue weighted by Crippen LogP contribution is -2.26. The van der Waals surface area contributed by atoms with E-state index in [1.807, 2.05) is 6.07 Å². The highest BCUT2D eigenvalue weighted by Crippen LogP contribution is 2.45. The molecule has 0 unspecified atom stereocenters. The first kappa shape index (κ1) is 16.5. The Labute approximate surface area is 131 Å². The van der Waals surface area contributed by atoms with Crippen LogP contribution in [0.15, 0.2) is 18.3 Å². The first-order valence-electron chi connectivity index (χ1n) is 7.83. The zero-order valence-corrected chi connectivity index (χ0v) is 13.6. The van der Waals surface area contributed by atoms with E-state index < -0.39 is 0 Å². The second-order valence-corrected chi connectivity index (χ2v) is 6.10. The second-order valence-electron chi connectivity index (χ2n) is 6.10. The fourth-order valence-electron chi connectivity index (χ4n) is 3.43. The third kappa shape index (κ3) is 3.64. The molecular weight excluding hydrogens is 280 g/mol. The van der Waals surface area contributed by atoms with Crippen LogP contribution in [-0.2, 0) is 14.3 Å². The number of aromatic nitrogens is 1. The number of hydrogen-bond donors (Lipinski definition) is 1. The van der Waals surface area contributed by atoms with Gasteiger partial charge < -0.3 is 10.1 Å². The van der Waals surface area contributed by atoms with Gasteiger partial charge in [0.25, 0.3) is 0 Å². The van der Waals surface area contributed by atoms with Gasteiger partial charge in [-0.3, -0.25) is 9.59 Å². The van der Waals surface area contributed by atoms with E-state index in [2.05, 4.69) is 24.1 Å². The predicted molar refractivity (Wildman–Crippen MR) is 84.4 cm³/mol. The van der Waals surface area contributed by atoms with Gasteiger partial charge in [-0.15, -0.1) is 0 Å². The van der Waals surface area contributed by atoms with Gasteiger partial charge in [-0.2, -0.15) is 0 Å². The van der Waals surface area contributed by atoms with Crippen molar-refractivity contribution in [3.8, 4) is 0 Å². The molecule has 120 valence electrons. The van der Waals surface area contributed by atoms with Crippen molar-refractivity contribution in [3.05, 3.63) is 23.9 Å². The Morgan fingerprint density at radius 2 is 2.09 bits per heavy atom. The third-order valence-electron chi connectivity index (χ3n) is 4.56. The Hall–Kier alpha value is -1.91. The minimum Gasteiger partial charge on any atom is -0.462 e. The van der Waals surface area contributed by atoms with E-state index in [4.69, 9.17) is 4.74 Å². The van der Waals surface area contributed by atoms with Crippen molar-refractivity contribution >= 4 is 17.7 Å². The van der Waals surface area contributed by atoms with Gasteiger partial charge in [-0.05, 0) is 29.9 Å². The molecule has 0 spiro atoms. The smallest absolute Gasteiger partial charge is 0.302 e. The van der Waals surface area contributed by atoms with Crippen molar-refractivity contribution in [2.45, 2.75) is 52.6 Å². The molecule has 5 nitrogen and oxygen atoms in total. The molecule has 1 saturated carbocycles. The molecule has 0 bridgehead atoms. The molecule has 5 heteroatoms. The van der Waals surface area contributed by atoms with E-state index in [1.165, 1.54) is 13.8 Å². The number of anilines is 1. The van der Waals surface area contributed by atoms with Crippen LogP contribution in [0, 0.1) is 11.8 Å².